The monoisotopic (exact) mass is 519 g/mol. The van der Waals surface area contributed by atoms with Crippen LogP contribution in [0.3, 0.4) is 0 Å². The van der Waals surface area contributed by atoms with Gasteiger partial charge < -0.3 is 13.9 Å². The van der Waals surface area contributed by atoms with Crippen molar-refractivity contribution in [1.29, 1.82) is 0 Å². The molecule has 8 nitrogen and oxygen atoms in total. The maximum Gasteiger partial charge on any atom is 0.298 e. The molecule has 2 fully saturated rings. The standard InChI is InChI=1S/C27H23ClFN5O3/c1-36-24-10-9-19(29)26(32-24)27(35)30-20-15-37-22-14-33(12-18(20)22)13-21-25(16-5-7-17(28)8-6-16)31-23-4-2-3-11-34(21)23/h2-11,18,22H,12-15H2,1H3/b30-20+. The summed E-state index contributed by atoms with van der Waals surface area (Å²) in [5, 5.41) is 0.670. The summed E-state index contributed by atoms with van der Waals surface area (Å²) < 4.78 is 27.3. The van der Waals surface area contributed by atoms with Crippen LogP contribution in [0, 0.1) is 11.7 Å². The summed E-state index contributed by atoms with van der Waals surface area (Å²) in [4.78, 5) is 28.1. The van der Waals surface area contributed by atoms with E-state index in [-0.39, 0.29) is 30.2 Å². The number of fused-ring (bicyclic) bond motifs is 2. The fraction of sp³-hybridized carbons (Fsp3) is 0.259. The molecule has 2 aliphatic rings. The molecule has 0 bridgehead atoms. The molecule has 1 amide bonds. The minimum absolute atomic E-state index is 0.0595. The highest BCUT2D eigenvalue weighted by molar-refractivity contribution is 6.30. The lowest BCUT2D eigenvalue weighted by Gasteiger charge is -2.17. The average Bonchev–Trinajstić information content (AvgIpc) is 3.59. The van der Waals surface area contributed by atoms with Crippen molar-refractivity contribution in [2.75, 3.05) is 26.8 Å². The largest absolute Gasteiger partial charge is 0.481 e. The van der Waals surface area contributed by atoms with Crippen LogP contribution in [0.1, 0.15) is 16.2 Å². The molecule has 3 aromatic heterocycles. The van der Waals surface area contributed by atoms with E-state index in [1.165, 1.54) is 13.2 Å². The zero-order valence-electron chi connectivity index (χ0n) is 20.0. The van der Waals surface area contributed by atoms with Gasteiger partial charge in [0.2, 0.25) is 5.88 Å². The smallest absolute Gasteiger partial charge is 0.298 e. The molecule has 2 unspecified atom stereocenters. The number of pyridine rings is 2. The number of hydrogen-bond donors (Lipinski definition) is 0. The Morgan fingerprint density at radius 3 is 2.81 bits per heavy atom. The fourth-order valence-corrected chi connectivity index (χ4v) is 5.13. The number of benzene rings is 1. The maximum atomic E-state index is 14.2. The SMILES string of the molecule is COc1ccc(F)c(C(=O)/N=C2\COC3CN(Cc4c(-c5ccc(Cl)cc5)nc5ccccn45)CC23)n1. The van der Waals surface area contributed by atoms with E-state index in [4.69, 9.17) is 26.1 Å². The average molecular weight is 520 g/mol. The Hall–Kier alpha value is -3.66. The first-order valence-electron chi connectivity index (χ1n) is 11.9. The van der Waals surface area contributed by atoms with Gasteiger partial charge in [0.05, 0.1) is 36.9 Å². The van der Waals surface area contributed by atoms with Crippen LogP contribution in [0.2, 0.25) is 5.02 Å². The normalized spacial score (nSPS) is 20.6. The second-order valence-electron chi connectivity index (χ2n) is 9.09. The zero-order valence-corrected chi connectivity index (χ0v) is 20.7. The number of rotatable bonds is 5. The first-order chi connectivity index (χ1) is 18.0. The van der Waals surface area contributed by atoms with Gasteiger partial charge in [-0.3, -0.25) is 9.69 Å². The van der Waals surface area contributed by atoms with Crippen molar-refractivity contribution >= 4 is 28.9 Å². The minimum Gasteiger partial charge on any atom is -0.481 e. The summed E-state index contributed by atoms with van der Waals surface area (Å²) in [7, 11) is 1.41. The van der Waals surface area contributed by atoms with E-state index in [9.17, 15) is 9.18 Å². The molecule has 4 aromatic rings. The lowest BCUT2D eigenvalue weighted by atomic mass is 10.0. The van der Waals surface area contributed by atoms with E-state index in [0.717, 1.165) is 28.7 Å². The third kappa shape index (κ3) is 4.50. The highest BCUT2D eigenvalue weighted by Crippen LogP contribution is 2.32. The number of imidazole rings is 1. The second kappa shape index (κ2) is 9.66. The molecule has 0 N–H and O–H groups in total. The zero-order chi connectivity index (χ0) is 25.5. The van der Waals surface area contributed by atoms with Crippen molar-refractivity contribution in [1.82, 2.24) is 19.3 Å². The van der Waals surface area contributed by atoms with Crippen LogP contribution in [0.15, 0.2) is 65.8 Å². The van der Waals surface area contributed by atoms with Crippen LogP contribution in [0.4, 0.5) is 4.39 Å². The van der Waals surface area contributed by atoms with E-state index in [0.29, 0.717) is 30.4 Å². The van der Waals surface area contributed by atoms with E-state index in [1.54, 1.807) is 0 Å². The molecule has 2 saturated heterocycles. The van der Waals surface area contributed by atoms with Gasteiger partial charge in [-0.2, -0.15) is 0 Å². The lowest BCUT2D eigenvalue weighted by molar-refractivity contribution is 0.0985. The van der Waals surface area contributed by atoms with Gasteiger partial charge in [-0.25, -0.2) is 19.4 Å². The Bertz CT molecular complexity index is 1520. The molecule has 188 valence electrons. The Kier molecular flexibility index (Phi) is 6.19. The number of amides is 1. The molecule has 10 heteroatoms. The van der Waals surface area contributed by atoms with Crippen LogP contribution in [-0.4, -0.2) is 63.8 Å². The van der Waals surface area contributed by atoms with Crippen molar-refractivity contribution in [2.45, 2.75) is 12.6 Å². The molecule has 2 aliphatic heterocycles. The highest BCUT2D eigenvalue weighted by atomic mass is 35.5. The predicted octanol–water partition coefficient (Wildman–Crippen LogP) is 4.31. The van der Waals surface area contributed by atoms with E-state index in [2.05, 4.69) is 19.3 Å². The molecule has 1 aromatic carbocycles. The van der Waals surface area contributed by atoms with E-state index in [1.807, 2.05) is 48.7 Å². The molecule has 37 heavy (non-hydrogen) atoms. The van der Waals surface area contributed by atoms with Gasteiger partial charge in [-0.05, 0) is 30.3 Å². The Morgan fingerprint density at radius 1 is 1.16 bits per heavy atom. The summed E-state index contributed by atoms with van der Waals surface area (Å²) >= 11 is 6.11. The van der Waals surface area contributed by atoms with Gasteiger partial charge in [0.25, 0.3) is 5.91 Å². The molecule has 5 heterocycles. The summed E-state index contributed by atoms with van der Waals surface area (Å²) in [5.74, 6) is -1.38. The van der Waals surface area contributed by atoms with Gasteiger partial charge >= 0.3 is 0 Å². The van der Waals surface area contributed by atoms with Crippen LogP contribution >= 0.6 is 11.6 Å². The number of carbonyl (C=O) groups is 1. The quantitative estimate of drug-likeness (QED) is 0.391. The number of aliphatic imine (C=N–C) groups is 1. The molecule has 0 spiro atoms. The third-order valence-corrected chi connectivity index (χ3v) is 7.06. The molecular formula is C27H23ClFN5O3. The number of ether oxygens (including phenoxy) is 2. The number of nitrogens with zero attached hydrogens (tertiary/aromatic N) is 5. The fourth-order valence-electron chi connectivity index (χ4n) is 5.00. The number of aromatic nitrogens is 3. The summed E-state index contributed by atoms with van der Waals surface area (Å²) in [6.07, 6.45) is 1.92. The molecule has 6 rings (SSSR count). The van der Waals surface area contributed by atoms with Crippen molar-refractivity contribution in [3.63, 3.8) is 0 Å². The number of likely N-dealkylation sites (tertiary alicyclic amines) is 1. The summed E-state index contributed by atoms with van der Waals surface area (Å²) in [6, 6.07) is 16.1. The summed E-state index contributed by atoms with van der Waals surface area (Å²) in [6.45, 7) is 2.22. The van der Waals surface area contributed by atoms with Gasteiger partial charge in [0.1, 0.15) is 5.65 Å². The third-order valence-electron chi connectivity index (χ3n) is 6.81. The lowest BCUT2D eigenvalue weighted by Crippen LogP contribution is -2.25. The number of methoxy groups -OCH3 is 1. The topological polar surface area (TPSA) is 81.3 Å². The molecule has 2 atom stereocenters. The van der Waals surface area contributed by atoms with Crippen molar-refractivity contribution in [2.24, 2.45) is 10.9 Å². The molecular weight excluding hydrogens is 497 g/mol. The molecule has 0 radical (unpaired) electrons. The molecule has 0 aliphatic carbocycles. The maximum absolute atomic E-state index is 14.2. The Morgan fingerprint density at radius 2 is 2.00 bits per heavy atom. The first kappa shape index (κ1) is 23.7. The van der Waals surface area contributed by atoms with Gasteiger partial charge in [-0.1, -0.05) is 29.8 Å². The predicted molar refractivity (Wildman–Crippen MR) is 137 cm³/mol. The number of carbonyl (C=O) groups excluding carboxylic acids is 1. The number of hydrogen-bond acceptors (Lipinski definition) is 6. The Labute approximate surface area is 217 Å². The Balaban J connectivity index is 1.25. The van der Waals surface area contributed by atoms with Crippen LogP contribution in [0.5, 0.6) is 5.88 Å². The second-order valence-corrected chi connectivity index (χ2v) is 9.52. The van der Waals surface area contributed by atoms with Crippen LogP contribution < -0.4 is 4.74 Å². The van der Waals surface area contributed by atoms with Crippen molar-refractivity contribution in [3.05, 3.63) is 83.0 Å². The van der Waals surface area contributed by atoms with E-state index < -0.39 is 11.7 Å². The van der Waals surface area contributed by atoms with Gasteiger partial charge in [0, 0.05) is 48.4 Å². The van der Waals surface area contributed by atoms with Gasteiger partial charge in [0.15, 0.2) is 11.5 Å². The van der Waals surface area contributed by atoms with Crippen molar-refractivity contribution in [3.8, 4) is 17.1 Å². The van der Waals surface area contributed by atoms with Crippen molar-refractivity contribution < 1.29 is 18.7 Å². The first-order valence-corrected chi connectivity index (χ1v) is 12.3. The molecule has 0 saturated carbocycles. The minimum atomic E-state index is -0.735. The number of halogens is 2. The van der Waals surface area contributed by atoms with Gasteiger partial charge in [-0.15, -0.1) is 0 Å². The van der Waals surface area contributed by atoms with Crippen LogP contribution in [0.25, 0.3) is 16.9 Å². The highest BCUT2D eigenvalue weighted by Gasteiger charge is 2.42. The van der Waals surface area contributed by atoms with Crippen LogP contribution in [-0.2, 0) is 11.3 Å². The van der Waals surface area contributed by atoms with E-state index >= 15 is 0 Å². The summed E-state index contributed by atoms with van der Waals surface area (Å²) in [5.41, 5.74) is 4.04.